The van der Waals surface area contributed by atoms with Crippen LogP contribution < -0.4 is 9.47 Å². The van der Waals surface area contributed by atoms with Gasteiger partial charge in [-0.3, -0.25) is 4.79 Å². The lowest BCUT2D eigenvalue weighted by molar-refractivity contribution is -0.144. The summed E-state index contributed by atoms with van der Waals surface area (Å²) in [7, 11) is 0. The lowest BCUT2D eigenvalue weighted by Crippen LogP contribution is -2.23. The molecule has 0 saturated carbocycles. The molecule has 1 N–H and O–H groups in total. The molecule has 0 fully saturated rings. The number of carboxylic acid groups (broad SMARTS) is 1. The Kier molecular flexibility index (Phi) is 4.51. The predicted octanol–water partition coefficient (Wildman–Crippen LogP) is 1.75. The van der Waals surface area contributed by atoms with E-state index >= 15 is 0 Å². The molecule has 0 saturated heterocycles. The van der Waals surface area contributed by atoms with Crippen molar-refractivity contribution in [3.8, 4) is 11.5 Å². The number of ether oxygens (including phenoxy) is 2. The van der Waals surface area contributed by atoms with Gasteiger partial charge in [-0.1, -0.05) is 0 Å². The third-order valence-electron chi connectivity index (χ3n) is 2.06. The molecule has 0 unspecified atom stereocenters. The summed E-state index contributed by atoms with van der Waals surface area (Å²) in [6, 6.07) is 4.58. The lowest BCUT2D eigenvalue weighted by Gasteiger charge is -2.14. The van der Waals surface area contributed by atoms with E-state index in [0.29, 0.717) is 30.0 Å². The summed E-state index contributed by atoms with van der Waals surface area (Å²) >= 11 is 0. The van der Waals surface area contributed by atoms with Crippen LogP contribution in [0.1, 0.15) is 24.2 Å². The molecule has 0 aromatic heterocycles. The molecule has 1 aromatic carbocycles. The molecule has 5 nitrogen and oxygen atoms in total. The van der Waals surface area contributed by atoms with Crippen LogP contribution in [-0.4, -0.2) is 30.1 Å². The molecule has 0 radical (unpaired) electrons. The monoisotopic (exact) mass is 238 g/mol. The molecule has 0 amide bonds. The molecule has 17 heavy (non-hydrogen) atoms. The van der Waals surface area contributed by atoms with Crippen molar-refractivity contribution in [2.24, 2.45) is 0 Å². The van der Waals surface area contributed by atoms with Crippen molar-refractivity contribution in [1.29, 1.82) is 0 Å². The van der Waals surface area contributed by atoms with Crippen LogP contribution in [-0.2, 0) is 4.79 Å². The third kappa shape index (κ3) is 3.48. The van der Waals surface area contributed by atoms with Crippen LogP contribution >= 0.6 is 0 Å². The molecule has 0 bridgehead atoms. The highest BCUT2D eigenvalue weighted by atomic mass is 16.5. The van der Waals surface area contributed by atoms with Crippen LogP contribution in [0.2, 0.25) is 0 Å². The molecule has 0 aliphatic carbocycles. The van der Waals surface area contributed by atoms with E-state index in [1.54, 1.807) is 13.0 Å². The number of hydrogen-bond acceptors (Lipinski definition) is 4. The molecule has 5 heteroatoms. The van der Waals surface area contributed by atoms with Crippen molar-refractivity contribution < 1.29 is 24.2 Å². The van der Waals surface area contributed by atoms with Crippen LogP contribution in [0.25, 0.3) is 0 Å². The number of hydrogen-bond donors (Lipinski definition) is 1. The summed E-state index contributed by atoms with van der Waals surface area (Å²) in [5.41, 5.74) is 0.448. The summed E-state index contributed by atoms with van der Waals surface area (Å²) < 4.78 is 10.5. The van der Waals surface area contributed by atoms with Crippen LogP contribution in [0, 0.1) is 0 Å². The number of carboxylic acids is 1. The van der Waals surface area contributed by atoms with Crippen molar-refractivity contribution in [1.82, 2.24) is 0 Å². The van der Waals surface area contributed by atoms with E-state index in [1.165, 1.54) is 19.1 Å². The minimum absolute atomic E-state index is 0.312. The van der Waals surface area contributed by atoms with E-state index in [4.69, 9.17) is 14.6 Å². The average Bonchev–Trinajstić information content (AvgIpc) is 2.31. The quantitative estimate of drug-likeness (QED) is 0.764. The number of carbonyl (C=O) groups is 2. The van der Waals surface area contributed by atoms with E-state index in [0.717, 1.165) is 0 Å². The SMILES string of the molecule is CCOc1cc(C=O)ccc1O[C@H](C)C(=O)O. The Labute approximate surface area is 99.0 Å². The van der Waals surface area contributed by atoms with Crippen LogP contribution in [0.5, 0.6) is 11.5 Å². The number of rotatable bonds is 6. The van der Waals surface area contributed by atoms with Crippen LogP contribution in [0.15, 0.2) is 18.2 Å². The molecule has 0 heterocycles. The van der Waals surface area contributed by atoms with Gasteiger partial charge < -0.3 is 14.6 Å². The van der Waals surface area contributed by atoms with E-state index in [2.05, 4.69) is 0 Å². The Morgan fingerprint density at radius 3 is 2.71 bits per heavy atom. The Balaban J connectivity index is 2.97. The zero-order chi connectivity index (χ0) is 12.8. The van der Waals surface area contributed by atoms with Crippen molar-refractivity contribution in [3.63, 3.8) is 0 Å². The van der Waals surface area contributed by atoms with E-state index in [1.807, 2.05) is 0 Å². The van der Waals surface area contributed by atoms with Gasteiger partial charge in [-0.05, 0) is 32.0 Å². The smallest absolute Gasteiger partial charge is 0.344 e. The molecular formula is C12H14O5. The summed E-state index contributed by atoms with van der Waals surface area (Å²) in [5, 5.41) is 8.74. The van der Waals surface area contributed by atoms with Gasteiger partial charge in [0.15, 0.2) is 17.6 Å². The molecule has 1 atom stereocenters. The average molecular weight is 238 g/mol. The Morgan fingerprint density at radius 2 is 2.18 bits per heavy atom. The Bertz CT molecular complexity index is 413. The van der Waals surface area contributed by atoms with Crippen LogP contribution in [0.4, 0.5) is 0 Å². The van der Waals surface area contributed by atoms with Crippen molar-refractivity contribution >= 4 is 12.3 Å². The van der Waals surface area contributed by atoms with Gasteiger partial charge in [0.1, 0.15) is 6.29 Å². The largest absolute Gasteiger partial charge is 0.490 e. The predicted molar refractivity (Wildman–Crippen MR) is 60.7 cm³/mol. The number of carbonyl (C=O) groups excluding carboxylic acids is 1. The second kappa shape index (κ2) is 5.89. The first kappa shape index (κ1) is 13.0. The first-order valence-electron chi connectivity index (χ1n) is 5.20. The Hall–Kier alpha value is -2.04. The van der Waals surface area contributed by atoms with Gasteiger partial charge >= 0.3 is 5.97 Å². The molecule has 0 aliphatic rings. The van der Waals surface area contributed by atoms with Crippen molar-refractivity contribution in [3.05, 3.63) is 23.8 Å². The second-order valence-corrected chi connectivity index (χ2v) is 3.36. The molecule has 1 rings (SSSR count). The number of aldehydes is 1. The topological polar surface area (TPSA) is 72.8 Å². The minimum atomic E-state index is -1.06. The van der Waals surface area contributed by atoms with Crippen molar-refractivity contribution in [2.45, 2.75) is 20.0 Å². The molecule has 1 aromatic rings. The highest BCUT2D eigenvalue weighted by Gasteiger charge is 2.15. The van der Waals surface area contributed by atoms with Gasteiger partial charge in [0.25, 0.3) is 0 Å². The highest BCUT2D eigenvalue weighted by Crippen LogP contribution is 2.28. The highest BCUT2D eigenvalue weighted by molar-refractivity contribution is 5.76. The normalized spacial score (nSPS) is 11.6. The molecular weight excluding hydrogens is 224 g/mol. The van der Waals surface area contributed by atoms with Gasteiger partial charge in [0.05, 0.1) is 6.61 Å². The van der Waals surface area contributed by atoms with Gasteiger partial charge in [-0.2, -0.15) is 0 Å². The van der Waals surface area contributed by atoms with Gasteiger partial charge in [-0.25, -0.2) is 4.79 Å². The summed E-state index contributed by atoms with van der Waals surface area (Å²) in [6.45, 7) is 3.61. The van der Waals surface area contributed by atoms with Gasteiger partial charge in [-0.15, -0.1) is 0 Å². The fraction of sp³-hybridized carbons (Fsp3) is 0.333. The molecule has 0 spiro atoms. The zero-order valence-electron chi connectivity index (χ0n) is 9.67. The van der Waals surface area contributed by atoms with E-state index in [-0.39, 0.29) is 0 Å². The molecule has 92 valence electrons. The van der Waals surface area contributed by atoms with Gasteiger partial charge in [0.2, 0.25) is 0 Å². The standard InChI is InChI=1S/C12H14O5/c1-3-16-11-6-9(7-13)4-5-10(11)17-8(2)12(14)15/h4-8H,3H2,1-2H3,(H,14,15)/t8-/m1/s1. The molecule has 0 aliphatic heterocycles. The number of aliphatic carboxylic acids is 1. The fourth-order valence-corrected chi connectivity index (χ4v) is 1.20. The van der Waals surface area contributed by atoms with Crippen molar-refractivity contribution in [2.75, 3.05) is 6.61 Å². The summed E-state index contributed by atoms with van der Waals surface area (Å²) in [4.78, 5) is 21.3. The maximum absolute atomic E-state index is 10.7. The van der Waals surface area contributed by atoms with E-state index in [9.17, 15) is 9.59 Å². The first-order chi connectivity index (χ1) is 8.08. The first-order valence-corrected chi connectivity index (χ1v) is 5.20. The van der Waals surface area contributed by atoms with Crippen LogP contribution in [0.3, 0.4) is 0 Å². The third-order valence-corrected chi connectivity index (χ3v) is 2.06. The number of benzene rings is 1. The second-order valence-electron chi connectivity index (χ2n) is 3.36. The Morgan fingerprint density at radius 1 is 1.47 bits per heavy atom. The lowest BCUT2D eigenvalue weighted by atomic mass is 10.2. The summed E-state index contributed by atoms with van der Waals surface area (Å²) in [6.07, 6.45) is -0.288. The minimum Gasteiger partial charge on any atom is -0.490 e. The maximum Gasteiger partial charge on any atom is 0.344 e. The fourth-order valence-electron chi connectivity index (χ4n) is 1.20. The van der Waals surface area contributed by atoms with Gasteiger partial charge in [0, 0.05) is 5.56 Å². The zero-order valence-corrected chi connectivity index (χ0v) is 9.67. The van der Waals surface area contributed by atoms with E-state index < -0.39 is 12.1 Å². The summed E-state index contributed by atoms with van der Waals surface area (Å²) in [5.74, 6) is -0.385. The maximum atomic E-state index is 10.7.